The molecule has 1 amide bonds. The topological polar surface area (TPSA) is 46.6 Å². The molecule has 0 bridgehead atoms. The van der Waals surface area contributed by atoms with Crippen LogP contribution in [0.2, 0.25) is 0 Å². The van der Waals surface area contributed by atoms with Crippen molar-refractivity contribution in [3.05, 3.63) is 16.5 Å². The van der Waals surface area contributed by atoms with Crippen LogP contribution in [0.5, 0.6) is 0 Å². The van der Waals surface area contributed by atoms with Crippen LogP contribution in [-0.2, 0) is 16.0 Å². The fourth-order valence-electron chi connectivity index (χ4n) is 2.24. The monoisotopic (exact) mass is 315 g/mol. The smallest absolute Gasteiger partial charge is 0.341 e. The number of anilines is 1. The van der Waals surface area contributed by atoms with Gasteiger partial charge >= 0.3 is 5.97 Å². The highest BCUT2D eigenvalue weighted by Crippen LogP contribution is 2.36. The minimum Gasteiger partial charge on any atom is -0.462 e. The van der Waals surface area contributed by atoms with E-state index in [-0.39, 0.29) is 17.8 Å². The molecule has 2 rings (SSSR count). The average molecular weight is 316 g/mol. The van der Waals surface area contributed by atoms with Gasteiger partial charge in [0.25, 0.3) is 0 Å². The van der Waals surface area contributed by atoms with E-state index >= 15 is 0 Å². The zero-order valence-electron chi connectivity index (χ0n) is 11.6. The molecule has 6 heteroatoms. The summed E-state index contributed by atoms with van der Waals surface area (Å²) in [7, 11) is 0. The summed E-state index contributed by atoms with van der Waals surface area (Å²) < 4.78 is 5.08. The number of hydrogen-bond donors (Lipinski definition) is 0. The van der Waals surface area contributed by atoms with Crippen molar-refractivity contribution in [2.75, 3.05) is 23.9 Å². The molecule has 0 spiro atoms. The zero-order chi connectivity index (χ0) is 14.7. The van der Waals surface area contributed by atoms with E-state index in [4.69, 9.17) is 16.3 Å². The molecule has 1 aliphatic heterocycles. The third-order valence-electron chi connectivity index (χ3n) is 3.28. The molecular formula is C14H18ClNO3S. The van der Waals surface area contributed by atoms with Crippen molar-refractivity contribution >= 4 is 39.8 Å². The molecule has 1 aromatic heterocycles. The molecule has 0 aromatic carbocycles. The molecule has 1 saturated heterocycles. The summed E-state index contributed by atoms with van der Waals surface area (Å²) in [6, 6.07) is 1.83. The lowest BCUT2D eigenvalue weighted by Gasteiger charge is -2.15. The fraction of sp³-hybridized carbons (Fsp3) is 0.571. The molecule has 0 saturated carbocycles. The van der Waals surface area contributed by atoms with Crippen molar-refractivity contribution < 1.29 is 14.3 Å². The van der Waals surface area contributed by atoms with E-state index in [2.05, 4.69) is 0 Å². The van der Waals surface area contributed by atoms with Crippen molar-refractivity contribution in [3.8, 4) is 0 Å². The van der Waals surface area contributed by atoms with E-state index in [9.17, 15) is 9.59 Å². The van der Waals surface area contributed by atoms with E-state index in [1.165, 1.54) is 11.3 Å². The number of nitrogens with zero attached hydrogens (tertiary/aromatic N) is 1. The summed E-state index contributed by atoms with van der Waals surface area (Å²) in [5.41, 5.74) is 0.497. The van der Waals surface area contributed by atoms with Gasteiger partial charge in [-0.25, -0.2) is 4.79 Å². The van der Waals surface area contributed by atoms with Crippen LogP contribution in [0.4, 0.5) is 5.00 Å². The van der Waals surface area contributed by atoms with E-state index in [1.807, 2.05) is 13.0 Å². The van der Waals surface area contributed by atoms with Gasteiger partial charge in [-0.1, -0.05) is 6.92 Å². The van der Waals surface area contributed by atoms with Crippen molar-refractivity contribution in [1.29, 1.82) is 0 Å². The molecule has 1 atom stereocenters. The second kappa shape index (κ2) is 6.59. The molecular weight excluding hydrogens is 298 g/mol. The van der Waals surface area contributed by atoms with Crippen molar-refractivity contribution in [3.63, 3.8) is 0 Å². The summed E-state index contributed by atoms with van der Waals surface area (Å²) in [6.45, 7) is 4.71. The first-order valence-corrected chi connectivity index (χ1v) is 8.11. The summed E-state index contributed by atoms with van der Waals surface area (Å²) in [5.74, 6) is 0.292. The molecule has 1 aromatic rings. The van der Waals surface area contributed by atoms with Crippen LogP contribution in [-0.4, -0.2) is 30.9 Å². The van der Waals surface area contributed by atoms with E-state index in [0.29, 0.717) is 36.0 Å². The largest absolute Gasteiger partial charge is 0.462 e. The Morgan fingerprint density at radius 3 is 2.85 bits per heavy atom. The van der Waals surface area contributed by atoms with Crippen LogP contribution in [0.25, 0.3) is 0 Å². The van der Waals surface area contributed by atoms with Gasteiger partial charge in [-0.3, -0.25) is 4.79 Å². The summed E-state index contributed by atoms with van der Waals surface area (Å²) in [5, 5.41) is 0.706. The maximum Gasteiger partial charge on any atom is 0.341 e. The van der Waals surface area contributed by atoms with Crippen LogP contribution in [0.1, 0.15) is 35.5 Å². The van der Waals surface area contributed by atoms with Crippen molar-refractivity contribution in [2.45, 2.75) is 26.7 Å². The maximum absolute atomic E-state index is 12.1. The lowest BCUT2D eigenvalue weighted by atomic mass is 10.1. The predicted octanol–water partition coefficient (Wildman–Crippen LogP) is 3.08. The molecule has 4 nitrogen and oxygen atoms in total. The normalized spacial score (nSPS) is 18.6. The van der Waals surface area contributed by atoms with E-state index < -0.39 is 0 Å². The Kier molecular flexibility index (Phi) is 5.05. The number of alkyl halides is 1. The number of amides is 1. The molecule has 1 aliphatic rings. The van der Waals surface area contributed by atoms with E-state index in [0.717, 1.165) is 11.3 Å². The van der Waals surface area contributed by atoms with Gasteiger partial charge in [-0.2, -0.15) is 0 Å². The Balaban J connectivity index is 2.32. The second-order valence-electron chi connectivity index (χ2n) is 4.73. The van der Waals surface area contributed by atoms with Crippen LogP contribution < -0.4 is 4.90 Å². The Bertz CT molecular complexity index is 515. The Morgan fingerprint density at radius 2 is 2.30 bits per heavy atom. The number of esters is 1. The maximum atomic E-state index is 12.1. The third kappa shape index (κ3) is 2.99. The Morgan fingerprint density at radius 1 is 1.55 bits per heavy atom. The van der Waals surface area contributed by atoms with Crippen molar-refractivity contribution in [1.82, 2.24) is 0 Å². The van der Waals surface area contributed by atoms with E-state index in [1.54, 1.807) is 11.8 Å². The lowest BCUT2D eigenvalue weighted by molar-refractivity contribution is -0.117. The number of halogens is 1. The number of carbonyl (C=O) groups excluding carboxylic acids is 2. The Labute approximate surface area is 127 Å². The lowest BCUT2D eigenvalue weighted by Crippen LogP contribution is -2.25. The molecule has 2 heterocycles. The summed E-state index contributed by atoms with van der Waals surface area (Å²) in [4.78, 5) is 26.9. The van der Waals surface area contributed by atoms with Gasteiger partial charge in [0.1, 0.15) is 5.00 Å². The van der Waals surface area contributed by atoms with Gasteiger partial charge < -0.3 is 9.64 Å². The highest BCUT2D eigenvalue weighted by atomic mass is 35.5. The second-order valence-corrected chi connectivity index (χ2v) is 6.16. The molecule has 0 aliphatic carbocycles. The van der Waals surface area contributed by atoms with Crippen LogP contribution in [0.3, 0.4) is 0 Å². The quantitative estimate of drug-likeness (QED) is 0.619. The summed E-state index contributed by atoms with van der Waals surface area (Å²) in [6.07, 6.45) is 1.28. The molecule has 110 valence electrons. The number of aryl methyl sites for hydroxylation is 1. The molecule has 0 N–H and O–H groups in total. The Hall–Kier alpha value is -1.07. The fourth-order valence-corrected chi connectivity index (χ4v) is 3.56. The number of rotatable bonds is 5. The SMILES string of the molecule is CCOC(=O)c1cc(CC)sc1N1CC(CCl)CC1=O. The standard InChI is InChI=1S/C14H18ClNO3S/c1-3-10-6-11(14(18)19-4-2)13(20-10)16-8-9(7-15)5-12(16)17/h6,9H,3-5,7-8H2,1-2H3. The van der Waals surface area contributed by atoms with Crippen LogP contribution in [0, 0.1) is 5.92 Å². The molecule has 20 heavy (non-hydrogen) atoms. The first-order chi connectivity index (χ1) is 9.60. The van der Waals surface area contributed by atoms with Crippen LogP contribution >= 0.6 is 22.9 Å². The number of thiophene rings is 1. The van der Waals surface area contributed by atoms with Gasteiger partial charge in [0, 0.05) is 23.7 Å². The first kappa shape index (κ1) is 15.3. The van der Waals surface area contributed by atoms with Gasteiger partial charge in [0.05, 0.1) is 12.2 Å². The van der Waals surface area contributed by atoms with Crippen LogP contribution in [0.15, 0.2) is 6.07 Å². The number of ether oxygens (including phenoxy) is 1. The minimum atomic E-state index is -0.361. The number of carbonyl (C=O) groups is 2. The molecule has 0 radical (unpaired) electrons. The predicted molar refractivity (Wildman–Crippen MR) is 80.8 cm³/mol. The zero-order valence-corrected chi connectivity index (χ0v) is 13.2. The van der Waals surface area contributed by atoms with Gasteiger partial charge in [-0.05, 0) is 25.3 Å². The highest BCUT2D eigenvalue weighted by molar-refractivity contribution is 7.16. The minimum absolute atomic E-state index is 0.0331. The van der Waals surface area contributed by atoms with Gasteiger partial charge in [0.2, 0.25) is 5.91 Å². The number of hydrogen-bond acceptors (Lipinski definition) is 4. The third-order valence-corrected chi connectivity index (χ3v) is 5.01. The average Bonchev–Trinajstić information content (AvgIpc) is 3.01. The first-order valence-electron chi connectivity index (χ1n) is 6.76. The highest BCUT2D eigenvalue weighted by Gasteiger charge is 2.33. The molecule has 1 unspecified atom stereocenters. The van der Waals surface area contributed by atoms with Crippen molar-refractivity contribution in [2.24, 2.45) is 5.92 Å². The molecule has 1 fully saturated rings. The summed E-state index contributed by atoms with van der Waals surface area (Å²) >= 11 is 7.33. The van der Waals surface area contributed by atoms with Gasteiger partial charge in [-0.15, -0.1) is 22.9 Å². The van der Waals surface area contributed by atoms with Gasteiger partial charge in [0.15, 0.2) is 0 Å².